The second-order valence-electron chi connectivity index (χ2n) is 6.04. The quantitative estimate of drug-likeness (QED) is 0.483. The Morgan fingerprint density at radius 3 is 1.52 bits per heavy atom. The first kappa shape index (κ1) is 21.6. The molecule has 0 aromatic heterocycles. The van der Waals surface area contributed by atoms with Gasteiger partial charge in [-0.1, -0.05) is 38.1 Å². The lowest BCUT2D eigenvalue weighted by Crippen LogP contribution is -2.08. The zero-order chi connectivity index (χ0) is 19.5. The van der Waals surface area contributed by atoms with Gasteiger partial charge in [0.15, 0.2) is 0 Å². The van der Waals surface area contributed by atoms with Gasteiger partial charge in [0.1, 0.15) is 11.5 Å². The monoisotopic (exact) mass is 408 g/mol. The van der Waals surface area contributed by atoms with Crippen LogP contribution in [-0.4, -0.2) is 33.1 Å². The molecule has 0 bridgehead atoms. The highest BCUT2D eigenvalue weighted by molar-refractivity contribution is 7.85. The summed E-state index contributed by atoms with van der Waals surface area (Å²) in [5.74, 6) is 2.62. The SMILES string of the molecule is CCCS(=O)c1ccccc1OCCCOc1ccccc1S(=O)CCC. The highest BCUT2D eigenvalue weighted by atomic mass is 32.2. The van der Waals surface area contributed by atoms with Crippen molar-refractivity contribution in [1.29, 1.82) is 0 Å². The summed E-state index contributed by atoms with van der Waals surface area (Å²) < 4.78 is 36.2. The Morgan fingerprint density at radius 2 is 1.11 bits per heavy atom. The summed E-state index contributed by atoms with van der Waals surface area (Å²) in [6, 6.07) is 15.0. The third-order valence-corrected chi connectivity index (χ3v) is 6.99. The molecule has 2 aromatic carbocycles. The first-order valence-electron chi connectivity index (χ1n) is 9.37. The van der Waals surface area contributed by atoms with Crippen LogP contribution in [0.1, 0.15) is 33.1 Å². The number of hydrogen-bond donors (Lipinski definition) is 0. The Bertz CT molecular complexity index is 698. The Hall–Kier alpha value is -1.66. The lowest BCUT2D eigenvalue weighted by Gasteiger charge is -2.13. The number of rotatable bonds is 12. The van der Waals surface area contributed by atoms with Crippen molar-refractivity contribution in [3.05, 3.63) is 48.5 Å². The minimum Gasteiger partial charge on any atom is -0.492 e. The van der Waals surface area contributed by atoms with Gasteiger partial charge in [-0.3, -0.25) is 8.42 Å². The summed E-state index contributed by atoms with van der Waals surface area (Å²) >= 11 is 0. The van der Waals surface area contributed by atoms with Gasteiger partial charge in [-0.05, 0) is 37.1 Å². The van der Waals surface area contributed by atoms with Gasteiger partial charge in [0, 0.05) is 17.9 Å². The van der Waals surface area contributed by atoms with Crippen LogP contribution < -0.4 is 9.47 Å². The molecule has 0 aliphatic rings. The highest BCUT2D eigenvalue weighted by Gasteiger charge is 2.11. The van der Waals surface area contributed by atoms with Crippen molar-refractivity contribution in [2.75, 3.05) is 24.7 Å². The molecule has 2 atom stereocenters. The third-order valence-electron chi connectivity index (χ3n) is 3.77. The molecule has 0 aliphatic heterocycles. The average Bonchev–Trinajstić information content (AvgIpc) is 2.68. The smallest absolute Gasteiger partial charge is 0.135 e. The minimum absolute atomic E-state index is 0.473. The van der Waals surface area contributed by atoms with Crippen LogP contribution in [-0.2, 0) is 21.6 Å². The van der Waals surface area contributed by atoms with E-state index in [2.05, 4.69) is 0 Å². The zero-order valence-electron chi connectivity index (χ0n) is 16.0. The van der Waals surface area contributed by atoms with E-state index in [1.807, 2.05) is 62.4 Å². The molecule has 4 nitrogen and oxygen atoms in total. The predicted molar refractivity (Wildman–Crippen MR) is 112 cm³/mol. The fourth-order valence-corrected chi connectivity index (χ4v) is 4.87. The van der Waals surface area contributed by atoms with Crippen molar-refractivity contribution >= 4 is 21.6 Å². The summed E-state index contributed by atoms with van der Waals surface area (Å²) in [5.41, 5.74) is 0. The van der Waals surface area contributed by atoms with Gasteiger partial charge < -0.3 is 9.47 Å². The number of benzene rings is 2. The third kappa shape index (κ3) is 6.78. The van der Waals surface area contributed by atoms with E-state index in [1.165, 1.54) is 0 Å². The van der Waals surface area contributed by atoms with E-state index in [0.29, 0.717) is 42.6 Å². The molecule has 0 radical (unpaired) electrons. The van der Waals surface area contributed by atoms with Crippen LogP contribution in [0.5, 0.6) is 11.5 Å². The van der Waals surface area contributed by atoms with Crippen LogP contribution in [0.15, 0.2) is 58.3 Å². The Balaban J connectivity index is 1.85. The van der Waals surface area contributed by atoms with Crippen molar-refractivity contribution in [2.45, 2.75) is 42.9 Å². The molecular weight excluding hydrogens is 380 g/mol. The van der Waals surface area contributed by atoms with Crippen molar-refractivity contribution in [3.63, 3.8) is 0 Å². The van der Waals surface area contributed by atoms with Gasteiger partial charge in [-0.15, -0.1) is 0 Å². The van der Waals surface area contributed by atoms with Crippen LogP contribution in [0.2, 0.25) is 0 Å². The molecule has 6 heteroatoms. The molecule has 0 saturated carbocycles. The van der Waals surface area contributed by atoms with Crippen molar-refractivity contribution in [3.8, 4) is 11.5 Å². The van der Waals surface area contributed by atoms with Crippen LogP contribution in [0, 0.1) is 0 Å². The van der Waals surface area contributed by atoms with Gasteiger partial charge in [0.25, 0.3) is 0 Å². The minimum atomic E-state index is -1.03. The predicted octanol–water partition coefficient (Wildman–Crippen LogP) is 4.57. The summed E-state index contributed by atoms with van der Waals surface area (Å²) in [6.45, 7) is 4.98. The van der Waals surface area contributed by atoms with Crippen molar-refractivity contribution < 1.29 is 17.9 Å². The fraction of sp³-hybridized carbons (Fsp3) is 0.429. The largest absolute Gasteiger partial charge is 0.492 e. The summed E-state index contributed by atoms with van der Waals surface area (Å²) in [7, 11) is -2.06. The molecule has 0 amide bonds. The maximum absolute atomic E-state index is 12.3. The van der Waals surface area contributed by atoms with E-state index in [9.17, 15) is 8.42 Å². The van der Waals surface area contributed by atoms with Crippen LogP contribution in [0.4, 0.5) is 0 Å². The molecule has 2 unspecified atom stereocenters. The molecule has 0 spiro atoms. The van der Waals surface area contributed by atoms with E-state index in [-0.39, 0.29) is 0 Å². The van der Waals surface area contributed by atoms with E-state index in [4.69, 9.17) is 9.47 Å². The van der Waals surface area contributed by atoms with Gasteiger partial charge in [0.2, 0.25) is 0 Å². The Morgan fingerprint density at radius 1 is 0.704 bits per heavy atom. The van der Waals surface area contributed by atoms with Gasteiger partial charge in [-0.2, -0.15) is 0 Å². The van der Waals surface area contributed by atoms with Crippen molar-refractivity contribution in [2.24, 2.45) is 0 Å². The lowest BCUT2D eigenvalue weighted by atomic mass is 10.3. The second kappa shape index (κ2) is 11.9. The van der Waals surface area contributed by atoms with Gasteiger partial charge in [-0.25, -0.2) is 0 Å². The summed E-state index contributed by atoms with van der Waals surface area (Å²) in [6.07, 6.45) is 2.42. The average molecular weight is 409 g/mol. The topological polar surface area (TPSA) is 52.6 Å². The molecule has 0 heterocycles. The molecule has 0 N–H and O–H groups in total. The van der Waals surface area contributed by atoms with Crippen LogP contribution in [0.3, 0.4) is 0 Å². The lowest BCUT2D eigenvalue weighted by molar-refractivity contribution is 0.241. The fourth-order valence-electron chi connectivity index (χ4n) is 2.53. The Kier molecular flexibility index (Phi) is 9.56. The Labute approximate surface area is 167 Å². The zero-order valence-corrected chi connectivity index (χ0v) is 17.7. The molecule has 27 heavy (non-hydrogen) atoms. The van der Waals surface area contributed by atoms with E-state index in [1.54, 1.807) is 0 Å². The van der Waals surface area contributed by atoms with Crippen LogP contribution in [0.25, 0.3) is 0 Å². The molecular formula is C21H28O4S2. The first-order chi connectivity index (χ1) is 13.2. The van der Waals surface area contributed by atoms with E-state index >= 15 is 0 Å². The molecule has 2 rings (SSSR count). The highest BCUT2D eigenvalue weighted by Crippen LogP contribution is 2.24. The maximum atomic E-state index is 12.3. The number of para-hydroxylation sites is 2. The second-order valence-corrected chi connectivity index (χ2v) is 9.12. The molecule has 2 aromatic rings. The molecule has 0 fully saturated rings. The maximum Gasteiger partial charge on any atom is 0.135 e. The number of ether oxygens (including phenoxy) is 2. The van der Waals surface area contributed by atoms with E-state index in [0.717, 1.165) is 22.6 Å². The number of hydrogen-bond acceptors (Lipinski definition) is 4. The summed E-state index contributed by atoms with van der Waals surface area (Å²) in [5, 5.41) is 0. The normalized spacial score (nSPS) is 13.1. The first-order valence-corrected chi connectivity index (χ1v) is 12.0. The van der Waals surface area contributed by atoms with Crippen LogP contribution >= 0.6 is 0 Å². The van der Waals surface area contributed by atoms with E-state index < -0.39 is 21.6 Å². The van der Waals surface area contributed by atoms with Gasteiger partial charge in [0.05, 0.1) is 44.6 Å². The molecule has 0 saturated heterocycles. The van der Waals surface area contributed by atoms with Crippen molar-refractivity contribution in [1.82, 2.24) is 0 Å². The van der Waals surface area contributed by atoms with Gasteiger partial charge >= 0.3 is 0 Å². The molecule has 148 valence electrons. The molecule has 0 aliphatic carbocycles. The standard InChI is InChI=1S/C21H28O4S2/c1-3-16-26(22)20-12-7-5-10-18(20)24-14-9-15-25-19-11-6-8-13-21(19)27(23)17-4-2/h5-8,10-13H,3-4,9,14-17H2,1-2H3. The summed E-state index contributed by atoms with van der Waals surface area (Å²) in [4.78, 5) is 1.50.